The van der Waals surface area contributed by atoms with Gasteiger partial charge in [-0.2, -0.15) is 0 Å². The fraction of sp³-hybridized carbons (Fsp3) is 0.913. The first-order chi connectivity index (χ1) is 27.0. The molecule has 0 aliphatic heterocycles. The number of rotatable bonds is 42. The summed E-state index contributed by atoms with van der Waals surface area (Å²) in [6.45, 7) is 8.88. The van der Waals surface area contributed by atoms with Crippen LogP contribution in [0.1, 0.15) is 246 Å². The number of unbranched alkanes of at least 4 members (excludes halogenated alkanes) is 28. The van der Waals surface area contributed by atoms with Crippen LogP contribution >= 0.6 is 0 Å². The summed E-state index contributed by atoms with van der Waals surface area (Å²) in [6, 6.07) is 0. The van der Waals surface area contributed by atoms with E-state index in [-0.39, 0.29) is 62.8 Å². The maximum absolute atomic E-state index is 10.8. The van der Waals surface area contributed by atoms with Crippen LogP contribution in [0, 0.1) is 11.8 Å². The van der Waals surface area contributed by atoms with E-state index in [9.17, 15) is 25.9 Å². The van der Waals surface area contributed by atoms with Gasteiger partial charge in [0.05, 0.1) is 13.2 Å². The summed E-state index contributed by atoms with van der Waals surface area (Å²) >= 11 is 0. The van der Waals surface area contributed by atoms with Crippen LogP contribution in [0.3, 0.4) is 0 Å². The molecule has 0 fully saturated rings. The second-order valence-electron chi connectivity index (χ2n) is 16.1. The first-order valence-corrected chi connectivity index (χ1v) is 26.2. The second kappa shape index (κ2) is 47.5. The quantitative estimate of drug-likeness (QED) is 0.0195. The van der Waals surface area contributed by atoms with Crippen molar-refractivity contribution in [3.8, 4) is 0 Å². The molecule has 0 heterocycles. The first-order valence-electron chi connectivity index (χ1n) is 23.5. The molecule has 0 radical (unpaired) electrons. The Kier molecular flexibility index (Phi) is 51.5. The molecule has 11 heteroatoms. The zero-order valence-electron chi connectivity index (χ0n) is 37.7. The zero-order valence-corrected chi connectivity index (χ0v) is 41.6. The maximum atomic E-state index is 10.8. The van der Waals surface area contributed by atoms with Gasteiger partial charge in [0.1, 0.15) is 0 Å². The van der Waals surface area contributed by atoms with Crippen LogP contribution in [-0.2, 0) is 29.2 Å². The molecule has 0 bridgehead atoms. The van der Waals surface area contributed by atoms with E-state index in [0.29, 0.717) is 0 Å². The van der Waals surface area contributed by atoms with Crippen LogP contribution in [0.15, 0.2) is 24.3 Å². The van der Waals surface area contributed by atoms with Crippen LogP contribution in [0.5, 0.6) is 0 Å². The molecule has 0 amide bonds. The van der Waals surface area contributed by atoms with Gasteiger partial charge in [-0.3, -0.25) is 8.37 Å². The average molecular weight is 875 g/mol. The third kappa shape index (κ3) is 56.5. The fourth-order valence-corrected chi connectivity index (χ4v) is 7.59. The van der Waals surface area contributed by atoms with E-state index in [1.165, 1.54) is 167 Å². The third-order valence-corrected chi connectivity index (χ3v) is 11.3. The first kappa shape index (κ1) is 61.8. The molecule has 2 atom stereocenters. The second-order valence-corrected chi connectivity index (χ2v) is 18.2. The van der Waals surface area contributed by atoms with E-state index in [1.54, 1.807) is 0 Å². The van der Waals surface area contributed by atoms with Gasteiger partial charge in [-0.05, 0) is 38.5 Å². The van der Waals surface area contributed by atoms with Crippen LogP contribution in [-0.4, -0.2) is 76.9 Å². The van der Waals surface area contributed by atoms with Gasteiger partial charge in [-0.1, -0.05) is 232 Å². The van der Waals surface area contributed by atoms with E-state index in [2.05, 4.69) is 60.4 Å². The van der Waals surface area contributed by atoms with Crippen molar-refractivity contribution in [2.45, 2.75) is 246 Å². The fourth-order valence-electron chi connectivity index (χ4n) is 6.91. The van der Waals surface area contributed by atoms with Crippen LogP contribution in [0.2, 0.25) is 0 Å². The van der Waals surface area contributed by atoms with Crippen molar-refractivity contribution in [1.82, 2.24) is 0 Å². The monoisotopic (exact) mass is 875 g/mol. The number of hydrogen-bond acceptors (Lipinski definition) is 8. The van der Waals surface area contributed by atoms with E-state index in [4.69, 9.17) is 0 Å². The van der Waals surface area contributed by atoms with Gasteiger partial charge in [0.15, 0.2) is 0 Å². The van der Waals surface area contributed by atoms with Crippen LogP contribution in [0.4, 0.5) is 0 Å². The molecule has 0 N–H and O–H groups in total. The molecule has 336 valence electrons. The Morgan fingerprint density at radius 3 is 0.860 bits per heavy atom. The zero-order chi connectivity index (χ0) is 41.9. The summed E-state index contributed by atoms with van der Waals surface area (Å²) in [6.07, 6.45) is 50.2. The Balaban J connectivity index is -0.00000101. The SMILES string of the molecule is CCCCCCCCCC/C=C/C(CCCCCCCCC)COS(=O)(=O)[O-].CCCCCCCCCC/C=C/C(CCCCCCCCC)COS(=O)(=O)[O-].[Ca+2]. The molecule has 0 aliphatic rings. The molecule has 0 aliphatic carbocycles. The molecule has 0 rings (SSSR count). The molecule has 0 saturated carbocycles. The summed E-state index contributed by atoms with van der Waals surface area (Å²) in [5, 5.41) is 0. The molecular weight excluding hydrogens is 785 g/mol. The molecule has 0 aromatic rings. The average Bonchev–Trinajstić information content (AvgIpc) is 3.15. The standard InChI is InChI=1S/2C23H46O4S.Ca/c2*1-3-5-7-9-11-12-13-15-17-19-21-23(22-27-28(24,25)26)20-18-16-14-10-8-6-4-2;/h2*19,21,23H,3-18,20,22H2,1-2H3,(H,24,25,26);/q;;+2/p-2/b2*21-19+;. The van der Waals surface area contributed by atoms with Crippen LogP contribution in [0.25, 0.3) is 0 Å². The normalized spacial score (nSPS) is 13.2. The van der Waals surface area contributed by atoms with Gasteiger partial charge < -0.3 is 9.11 Å². The molecule has 0 spiro atoms. The number of allylic oxidation sites excluding steroid dienone is 2. The molecule has 8 nitrogen and oxygen atoms in total. The predicted octanol–water partition coefficient (Wildman–Crippen LogP) is 14.2. The Labute approximate surface area is 385 Å². The van der Waals surface area contributed by atoms with Gasteiger partial charge in [0, 0.05) is 11.8 Å². The molecule has 2 unspecified atom stereocenters. The molecule has 0 aromatic heterocycles. The van der Waals surface area contributed by atoms with E-state index < -0.39 is 20.8 Å². The molecule has 0 aromatic carbocycles. The van der Waals surface area contributed by atoms with Crippen molar-refractivity contribution >= 4 is 58.5 Å². The summed E-state index contributed by atoms with van der Waals surface area (Å²) < 4.78 is 73.5. The van der Waals surface area contributed by atoms with Crippen molar-refractivity contribution in [2.75, 3.05) is 13.2 Å². The Morgan fingerprint density at radius 2 is 0.614 bits per heavy atom. The molecule has 0 saturated heterocycles. The van der Waals surface area contributed by atoms with Gasteiger partial charge in [0.2, 0.25) is 20.8 Å². The van der Waals surface area contributed by atoms with E-state index in [1.807, 2.05) is 0 Å². The van der Waals surface area contributed by atoms with Gasteiger partial charge in [0.25, 0.3) is 0 Å². The van der Waals surface area contributed by atoms with Gasteiger partial charge in [-0.15, -0.1) is 0 Å². The minimum absolute atomic E-state index is 0. The maximum Gasteiger partial charge on any atom is 2.00 e. The smallest absolute Gasteiger partial charge is 0.726 e. The third-order valence-electron chi connectivity index (χ3n) is 10.5. The summed E-state index contributed by atoms with van der Waals surface area (Å²) in [7, 11) is -9.20. The topological polar surface area (TPSA) is 133 Å². The van der Waals surface area contributed by atoms with E-state index >= 15 is 0 Å². The van der Waals surface area contributed by atoms with Crippen LogP contribution < -0.4 is 0 Å². The molecule has 57 heavy (non-hydrogen) atoms. The Morgan fingerprint density at radius 1 is 0.386 bits per heavy atom. The van der Waals surface area contributed by atoms with Crippen molar-refractivity contribution < 1.29 is 34.3 Å². The Bertz CT molecular complexity index is 982. The van der Waals surface area contributed by atoms with E-state index in [0.717, 1.165) is 51.4 Å². The van der Waals surface area contributed by atoms with Crippen molar-refractivity contribution in [2.24, 2.45) is 11.8 Å². The van der Waals surface area contributed by atoms with Gasteiger partial charge in [-0.25, -0.2) is 16.8 Å². The van der Waals surface area contributed by atoms with Crippen molar-refractivity contribution in [3.63, 3.8) is 0 Å². The minimum atomic E-state index is -4.60. The van der Waals surface area contributed by atoms with Crippen molar-refractivity contribution in [3.05, 3.63) is 24.3 Å². The Hall–Kier alpha value is 0.480. The summed E-state index contributed by atoms with van der Waals surface area (Å²) in [5.74, 6) is 0.0434. The van der Waals surface area contributed by atoms with Crippen molar-refractivity contribution in [1.29, 1.82) is 0 Å². The molecular formula is C46H90CaO8S2. The number of hydrogen-bond donors (Lipinski definition) is 0. The van der Waals surface area contributed by atoms with Gasteiger partial charge >= 0.3 is 37.7 Å². The predicted molar refractivity (Wildman–Crippen MR) is 242 cm³/mol. The largest absolute Gasteiger partial charge is 2.00 e. The summed E-state index contributed by atoms with van der Waals surface area (Å²) in [4.78, 5) is 0. The minimum Gasteiger partial charge on any atom is -0.726 e. The summed E-state index contributed by atoms with van der Waals surface area (Å²) in [5.41, 5.74) is 0.